The van der Waals surface area contributed by atoms with Crippen molar-refractivity contribution in [2.75, 3.05) is 12.4 Å². The SMILES string of the molecule is CCC(CC)(CCl)NCC(F)F. The molecular weight excluding hydrogens is 184 g/mol. The van der Waals surface area contributed by atoms with Crippen LogP contribution in [0.15, 0.2) is 0 Å². The molecule has 1 N–H and O–H groups in total. The van der Waals surface area contributed by atoms with Gasteiger partial charge in [-0.15, -0.1) is 11.6 Å². The van der Waals surface area contributed by atoms with Crippen molar-refractivity contribution < 1.29 is 8.78 Å². The largest absolute Gasteiger partial charge is 0.305 e. The van der Waals surface area contributed by atoms with E-state index in [1.54, 1.807) is 0 Å². The summed E-state index contributed by atoms with van der Waals surface area (Å²) < 4.78 is 23.7. The summed E-state index contributed by atoms with van der Waals surface area (Å²) in [5.41, 5.74) is -0.308. The lowest BCUT2D eigenvalue weighted by molar-refractivity contribution is 0.130. The summed E-state index contributed by atoms with van der Waals surface area (Å²) in [5.74, 6) is 0.382. The zero-order valence-electron chi connectivity index (χ0n) is 7.54. The fourth-order valence-electron chi connectivity index (χ4n) is 1.03. The van der Waals surface area contributed by atoms with Crippen LogP contribution in [0.4, 0.5) is 8.78 Å². The fourth-order valence-corrected chi connectivity index (χ4v) is 1.50. The van der Waals surface area contributed by atoms with Crippen LogP contribution in [-0.4, -0.2) is 24.4 Å². The Morgan fingerprint density at radius 2 is 1.83 bits per heavy atom. The minimum Gasteiger partial charge on any atom is -0.305 e. The third-order valence-electron chi connectivity index (χ3n) is 2.24. The van der Waals surface area contributed by atoms with Crippen LogP contribution in [0.2, 0.25) is 0 Å². The molecule has 0 spiro atoms. The van der Waals surface area contributed by atoms with E-state index in [-0.39, 0.29) is 12.1 Å². The molecule has 4 heteroatoms. The van der Waals surface area contributed by atoms with Gasteiger partial charge in [-0.3, -0.25) is 0 Å². The number of rotatable bonds is 6. The Morgan fingerprint density at radius 3 is 2.08 bits per heavy atom. The van der Waals surface area contributed by atoms with Gasteiger partial charge in [0.15, 0.2) is 0 Å². The van der Waals surface area contributed by atoms with Crippen LogP contribution in [-0.2, 0) is 0 Å². The smallest absolute Gasteiger partial charge is 0.250 e. The van der Waals surface area contributed by atoms with Crippen LogP contribution in [0.25, 0.3) is 0 Å². The molecule has 0 aromatic rings. The summed E-state index contributed by atoms with van der Waals surface area (Å²) >= 11 is 5.70. The summed E-state index contributed by atoms with van der Waals surface area (Å²) in [5, 5.41) is 2.80. The number of nitrogens with one attached hydrogen (secondary N) is 1. The Bertz CT molecular complexity index is 107. The first-order valence-corrected chi connectivity index (χ1v) is 4.72. The quantitative estimate of drug-likeness (QED) is 0.649. The molecule has 0 rings (SSSR count). The summed E-state index contributed by atoms with van der Waals surface area (Å²) in [7, 11) is 0. The lowest BCUT2D eigenvalue weighted by Gasteiger charge is -2.30. The highest BCUT2D eigenvalue weighted by atomic mass is 35.5. The van der Waals surface area contributed by atoms with Crippen molar-refractivity contribution in [2.24, 2.45) is 0 Å². The average Bonchev–Trinajstić information content (AvgIpc) is 2.08. The molecule has 0 amide bonds. The van der Waals surface area contributed by atoms with Crippen LogP contribution in [0.3, 0.4) is 0 Å². The second kappa shape index (κ2) is 5.70. The molecule has 0 fully saturated rings. The molecule has 0 saturated carbocycles. The highest BCUT2D eigenvalue weighted by molar-refractivity contribution is 6.18. The normalized spacial score (nSPS) is 12.5. The molecule has 0 aliphatic heterocycles. The first kappa shape index (κ1) is 12.1. The van der Waals surface area contributed by atoms with Crippen LogP contribution in [0.5, 0.6) is 0 Å². The van der Waals surface area contributed by atoms with Crippen LogP contribution >= 0.6 is 11.6 Å². The Labute approximate surface area is 77.5 Å². The van der Waals surface area contributed by atoms with Crippen LogP contribution in [0.1, 0.15) is 26.7 Å². The van der Waals surface area contributed by atoms with E-state index in [1.807, 2.05) is 13.8 Å². The van der Waals surface area contributed by atoms with E-state index in [9.17, 15) is 8.78 Å². The molecule has 0 aromatic carbocycles. The maximum atomic E-state index is 11.9. The van der Waals surface area contributed by atoms with Gasteiger partial charge >= 0.3 is 0 Å². The van der Waals surface area contributed by atoms with E-state index in [2.05, 4.69) is 5.32 Å². The monoisotopic (exact) mass is 199 g/mol. The maximum Gasteiger partial charge on any atom is 0.250 e. The highest BCUT2D eigenvalue weighted by Crippen LogP contribution is 2.16. The van der Waals surface area contributed by atoms with Crippen LogP contribution < -0.4 is 5.32 Å². The van der Waals surface area contributed by atoms with Gasteiger partial charge in [0.1, 0.15) is 0 Å². The number of halogens is 3. The molecule has 12 heavy (non-hydrogen) atoms. The topological polar surface area (TPSA) is 12.0 Å². The molecule has 74 valence electrons. The zero-order valence-corrected chi connectivity index (χ0v) is 8.30. The van der Waals surface area contributed by atoms with Gasteiger partial charge in [-0.25, -0.2) is 8.78 Å². The van der Waals surface area contributed by atoms with E-state index < -0.39 is 6.43 Å². The predicted octanol–water partition coefficient (Wildman–Crippen LogP) is 2.64. The number of hydrogen-bond donors (Lipinski definition) is 1. The molecule has 0 atom stereocenters. The van der Waals surface area contributed by atoms with Crippen molar-refractivity contribution in [2.45, 2.75) is 38.7 Å². The highest BCUT2D eigenvalue weighted by Gasteiger charge is 2.24. The van der Waals surface area contributed by atoms with E-state index in [1.165, 1.54) is 0 Å². The fraction of sp³-hybridized carbons (Fsp3) is 1.00. The van der Waals surface area contributed by atoms with E-state index in [0.29, 0.717) is 5.88 Å². The number of hydrogen-bond acceptors (Lipinski definition) is 1. The minimum atomic E-state index is -2.30. The predicted molar refractivity (Wildman–Crippen MR) is 48.0 cm³/mol. The Morgan fingerprint density at radius 1 is 1.33 bits per heavy atom. The molecule has 0 aliphatic carbocycles. The van der Waals surface area contributed by atoms with Crippen LogP contribution in [0, 0.1) is 0 Å². The summed E-state index contributed by atoms with van der Waals surface area (Å²) in [6.45, 7) is 3.63. The molecule has 0 radical (unpaired) electrons. The molecule has 0 aliphatic rings. The van der Waals surface area contributed by atoms with E-state index >= 15 is 0 Å². The van der Waals surface area contributed by atoms with Gasteiger partial charge in [-0.2, -0.15) is 0 Å². The molecule has 0 aromatic heterocycles. The summed E-state index contributed by atoms with van der Waals surface area (Å²) in [6, 6.07) is 0. The lowest BCUT2D eigenvalue weighted by atomic mass is 9.95. The van der Waals surface area contributed by atoms with Gasteiger partial charge in [0.05, 0.1) is 6.54 Å². The standard InChI is InChI=1S/C8H16ClF2N/c1-3-8(4-2,6-9)12-5-7(10)11/h7,12H,3-6H2,1-2H3. The van der Waals surface area contributed by atoms with Crippen molar-refractivity contribution in [3.05, 3.63) is 0 Å². The molecule has 1 nitrogen and oxygen atoms in total. The van der Waals surface area contributed by atoms with Crippen molar-refractivity contribution in [1.29, 1.82) is 0 Å². The van der Waals surface area contributed by atoms with Gasteiger partial charge in [0.2, 0.25) is 0 Å². The van der Waals surface area contributed by atoms with Crippen molar-refractivity contribution in [3.8, 4) is 0 Å². The van der Waals surface area contributed by atoms with Gasteiger partial charge in [0, 0.05) is 11.4 Å². The number of alkyl halides is 3. The minimum absolute atomic E-state index is 0.269. The molecule has 0 heterocycles. The van der Waals surface area contributed by atoms with Crippen molar-refractivity contribution in [3.63, 3.8) is 0 Å². The second-order valence-corrected chi connectivity index (χ2v) is 3.16. The van der Waals surface area contributed by atoms with Gasteiger partial charge in [-0.05, 0) is 12.8 Å². The zero-order chi connectivity index (χ0) is 9.61. The molecule has 0 saturated heterocycles. The van der Waals surface area contributed by atoms with Crippen molar-refractivity contribution >= 4 is 11.6 Å². The van der Waals surface area contributed by atoms with Gasteiger partial charge in [-0.1, -0.05) is 13.8 Å². The Balaban J connectivity index is 3.93. The van der Waals surface area contributed by atoms with E-state index in [0.717, 1.165) is 12.8 Å². The first-order chi connectivity index (χ1) is 5.60. The first-order valence-electron chi connectivity index (χ1n) is 4.19. The third kappa shape index (κ3) is 3.68. The van der Waals surface area contributed by atoms with Gasteiger partial charge < -0.3 is 5.32 Å². The van der Waals surface area contributed by atoms with Crippen molar-refractivity contribution in [1.82, 2.24) is 5.32 Å². The van der Waals surface area contributed by atoms with E-state index in [4.69, 9.17) is 11.6 Å². The summed E-state index contributed by atoms with van der Waals surface area (Å²) in [6.07, 6.45) is -0.745. The van der Waals surface area contributed by atoms with Gasteiger partial charge in [0.25, 0.3) is 6.43 Å². The third-order valence-corrected chi connectivity index (χ3v) is 2.75. The Hall–Kier alpha value is 0.110. The second-order valence-electron chi connectivity index (χ2n) is 2.89. The molecule has 0 bridgehead atoms. The molecule has 0 unspecified atom stereocenters. The summed E-state index contributed by atoms with van der Waals surface area (Å²) in [4.78, 5) is 0. The molecular formula is C8H16ClF2N. The average molecular weight is 200 g/mol. The Kier molecular flexibility index (Phi) is 5.76. The maximum absolute atomic E-state index is 11.9. The lowest BCUT2D eigenvalue weighted by Crippen LogP contribution is -2.47.